The minimum absolute atomic E-state index is 0.00673. The first-order valence-corrected chi connectivity index (χ1v) is 9.44. The number of rotatable bonds is 7. The molecule has 24 heavy (non-hydrogen) atoms. The van der Waals surface area contributed by atoms with Crippen LogP contribution < -0.4 is 5.32 Å². The number of Topliss-reactive ketones (excluding diaryl/α,β-unsaturated/α-hetero) is 1. The topological polar surface area (TPSA) is 110 Å². The molecule has 0 bridgehead atoms. The van der Waals surface area contributed by atoms with Crippen molar-refractivity contribution in [1.82, 2.24) is 5.32 Å². The van der Waals surface area contributed by atoms with Crippen molar-refractivity contribution in [3.63, 3.8) is 0 Å². The fourth-order valence-corrected chi connectivity index (χ4v) is 4.35. The lowest BCUT2D eigenvalue weighted by molar-refractivity contribution is 0.0723. The number of hydrogen-bond donors (Lipinski definition) is 2. The van der Waals surface area contributed by atoms with Gasteiger partial charge in [0, 0.05) is 31.7 Å². The van der Waals surface area contributed by atoms with Gasteiger partial charge in [0.25, 0.3) is 0 Å². The van der Waals surface area contributed by atoms with E-state index in [1.807, 2.05) is 0 Å². The van der Waals surface area contributed by atoms with Crippen LogP contribution in [0.3, 0.4) is 0 Å². The van der Waals surface area contributed by atoms with Gasteiger partial charge in [0.1, 0.15) is 0 Å². The van der Waals surface area contributed by atoms with E-state index >= 15 is 0 Å². The van der Waals surface area contributed by atoms with Crippen LogP contribution in [0.4, 0.5) is 4.79 Å². The van der Waals surface area contributed by atoms with Crippen molar-refractivity contribution in [2.24, 2.45) is 5.92 Å². The largest absolute Gasteiger partial charge is 0.465 e. The van der Waals surface area contributed by atoms with E-state index in [2.05, 4.69) is 5.32 Å². The van der Waals surface area contributed by atoms with E-state index in [-0.39, 0.29) is 40.9 Å². The zero-order chi connectivity index (χ0) is 17.6. The second-order valence-corrected chi connectivity index (χ2v) is 7.80. The number of sulfone groups is 1. The number of amides is 1. The fourth-order valence-electron chi connectivity index (χ4n) is 2.61. The number of carbonyl (C=O) groups excluding carboxylic acids is 1. The van der Waals surface area contributed by atoms with Crippen LogP contribution in [0.25, 0.3) is 0 Å². The van der Waals surface area contributed by atoms with Gasteiger partial charge in [0.05, 0.1) is 10.6 Å². The Morgan fingerprint density at radius 2 is 1.96 bits per heavy atom. The third-order valence-corrected chi connectivity index (χ3v) is 5.82. The summed E-state index contributed by atoms with van der Waals surface area (Å²) < 4.78 is 30.3. The summed E-state index contributed by atoms with van der Waals surface area (Å²) in [6, 6.07) is 5.93. The van der Waals surface area contributed by atoms with Gasteiger partial charge in [0.2, 0.25) is 0 Å². The maximum Gasteiger partial charge on any atom is 0.404 e. The molecule has 0 aliphatic carbocycles. The molecule has 1 aliphatic heterocycles. The molecule has 0 atom stereocenters. The molecule has 0 spiro atoms. The Morgan fingerprint density at radius 3 is 2.62 bits per heavy atom. The second kappa shape index (κ2) is 8.25. The van der Waals surface area contributed by atoms with Gasteiger partial charge in [-0.15, -0.1) is 0 Å². The van der Waals surface area contributed by atoms with Gasteiger partial charge >= 0.3 is 6.09 Å². The summed E-state index contributed by atoms with van der Waals surface area (Å²) >= 11 is 0. The first kappa shape index (κ1) is 18.4. The van der Waals surface area contributed by atoms with E-state index in [0.717, 1.165) is 12.8 Å². The van der Waals surface area contributed by atoms with E-state index in [4.69, 9.17) is 9.84 Å². The van der Waals surface area contributed by atoms with Crippen LogP contribution in [0.5, 0.6) is 0 Å². The number of ketones is 1. The molecular weight excluding hydrogens is 334 g/mol. The quantitative estimate of drug-likeness (QED) is 0.721. The molecule has 0 unspecified atom stereocenters. The Kier molecular flexibility index (Phi) is 6.33. The second-order valence-electron chi connectivity index (χ2n) is 5.77. The predicted molar refractivity (Wildman–Crippen MR) is 87.0 cm³/mol. The van der Waals surface area contributed by atoms with Gasteiger partial charge in [-0.2, -0.15) is 0 Å². The average Bonchev–Trinajstić information content (AvgIpc) is 2.55. The molecule has 1 fully saturated rings. The highest BCUT2D eigenvalue weighted by atomic mass is 32.2. The maximum atomic E-state index is 12.5. The van der Waals surface area contributed by atoms with E-state index in [0.29, 0.717) is 13.2 Å². The molecule has 7 nitrogen and oxygen atoms in total. The summed E-state index contributed by atoms with van der Waals surface area (Å²) in [6.07, 6.45) is 0.225. The summed E-state index contributed by atoms with van der Waals surface area (Å²) in [7, 11) is -3.47. The van der Waals surface area contributed by atoms with Crippen LogP contribution in [0, 0.1) is 5.92 Å². The van der Waals surface area contributed by atoms with Crippen molar-refractivity contribution in [2.75, 3.05) is 25.5 Å². The molecular formula is C16H21NO6S. The molecule has 1 heterocycles. The average molecular weight is 355 g/mol. The van der Waals surface area contributed by atoms with Crippen LogP contribution in [0.2, 0.25) is 0 Å². The number of carbonyl (C=O) groups is 2. The van der Waals surface area contributed by atoms with Crippen molar-refractivity contribution in [1.29, 1.82) is 0 Å². The summed E-state index contributed by atoms with van der Waals surface area (Å²) in [5, 5.41) is 10.6. The first-order chi connectivity index (χ1) is 11.4. The van der Waals surface area contributed by atoms with Crippen LogP contribution in [-0.2, 0) is 14.6 Å². The summed E-state index contributed by atoms with van der Waals surface area (Å²) in [5.41, 5.74) is 0.273. The molecule has 1 aliphatic rings. The monoisotopic (exact) mass is 355 g/mol. The summed E-state index contributed by atoms with van der Waals surface area (Å²) in [6.45, 7) is 1.15. The maximum absolute atomic E-state index is 12.5. The summed E-state index contributed by atoms with van der Waals surface area (Å²) in [4.78, 5) is 22.6. The molecule has 0 radical (unpaired) electrons. The Labute approximate surface area is 140 Å². The van der Waals surface area contributed by atoms with Crippen LogP contribution in [0.15, 0.2) is 29.2 Å². The van der Waals surface area contributed by atoms with Crippen molar-refractivity contribution in [3.05, 3.63) is 29.8 Å². The zero-order valence-corrected chi connectivity index (χ0v) is 14.0. The molecule has 2 N–H and O–H groups in total. The zero-order valence-electron chi connectivity index (χ0n) is 13.2. The molecule has 0 saturated carbocycles. The molecule has 1 amide bonds. The lowest BCUT2D eigenvalue weighted by Crippen LogP contribution is -2.24. The van der Waals surface area contributed by atoms with Gasteiger partial charge < -0.3 is 15.2 Å². The van der Waals surface area contributed by atoms with Crippen LogP contribution in [0.1, 0.15) is 29.6 Å². The van der Waals surface area contributed by atoms with Crippen molar-refractivity contribution in [2.45, 2.75) is 24.2 Å². The molecule has 2 rings (SSSR count). The van der Waals surface area contributed by atoms with E-state index in [1.165, 1.54) is 24.3 Å². The van der Waals surface area contributed by atoms with Gasteiger partial charge in [0.15, 0.2) is 15.6 Å². The van der Waals surface area contributed by atoms with Crippen molar-refractivity contribution in [3.8, 4) is 0 Å². The Morgan fingerprint density at radius 1 is 1.25 bits per heavy atom. The number of benzene rings is 1. The van der Waals surface area contributed by atoms with Crippen LogP contribution in [-0.4, -0.2) is 50.9 Å². The van der Waals surface area contributed by atoms with E-state index < -0.39 is 15.9 Å². The molecule has 1 aromatic rings. The molecule has 1 aromatic carbocycles. The lowest BCUT2D eigenvalue weighted by atomic mass is 10.0. The third-order valence-electron chi connectivity index (χ3n) is 3.94. The molecule has 8 heteroatoms. The minimum atomic E-state index is -3.47. The van der Waals surface area contributed by atoms with Gasteiger partial charge in [-0.3, -0.25) is 4.79 Å². The van der Waals surface area contributed by atoms with Crippen LogP contribution >= 0.6 is 0 Å². The smallest absolute Gasteiger partial charge is 0.404 e. The SMILES string of the molecule is O=C(O)NCCC(=O)c1cccc(S(=O)(=O)CC2CCOCC2)c1. The first-order valence-electron chi connectivity index (χ1n) is 7.79. The summed E-state index contributed by atoms with van der Waals surface area (Å²) in [5.74, 6) is -0.177. The standard InChI is InChI=1S/C16H21NO6S/c18-15(4-7-17-16(19)20)13-2-1-3-14(10-13)24(21,22)11-12-5-8-23-9-6-12/h1-3,10,12,17H,4-9,11H2,(H,19,20). The lowest BCUT2D eigenvalue weighted by Gasteiger charge is -2.21. The van der Waals surface area contributed by atoms with Gasteiger partial charge in [-0.25, -0.2) is 13.2 Å². The Hall–Kier alpha value is -1.93. The number of ether oxygens (including phenoxy) is 1. The molecule has 132 valence electrons. The van der Waals surface area contributed by atoms with Crippen molar-refractivity contribution < 1.29 is 27.9 Å². The normalized spacial score (nSPS) is 15.8. The predicted octanol–water partition coefficient (Wildman–Crippen LogP) is 1.73. The number of nitrogens with one attached hydrogen (secondary N) is 1. The highest BCUT2D eigenvalue weighted by Gasteiger charge is 2.24. The van der Waals surface area contributed by atoms with E-state index in [9.17, 15) is 18.0 Å². The third kappa shape index (κ3) is 5.31. The Bertz CT molecular complexity index is 694. The van der Waals surface area contributed by atoms with Gasteiger partial charge in [-0.1, -0.05) is 12.1 Å². The number of carboxylic acid groups (broad SMARTS) is 1. The molecule has 0 aromatic heterocycles. The van der Waals surface area contributed by atoms with Crippen molar-refractivity contribution >= 4 is 21.7 Å². The van der Waals surface area contributed by atoms with E-state index in [1.54, 1.807) is 0 Å². The highest BCUT2D eigenvalue weighted by Crippen LogP contribution is 2.22. The Balaban J connectivity index is 2.05. The number of hydrogen-bond acceptors (Lipinski definition) is 5. The minimum Gasteiger partial charge on any atom is -0.465 e. The van der Waals surface area contributed by atoms with Gasteiger partial charge in [-0.05, 0) is 30.9 Å². The fraction of sp³-hybridized carbons (Fsp3) is 0.500. The highest BCUT2D eigenvalue weighted by molar-refractivity contribution is 7.91. The molecule has 1 saturated heterocycles.